The lowest BCUT2D eigenvalue weighted by atomic mass is 10.1. The van der Waals surface area contributed by atoms with Crippen molar-refractivity contribution in [2.75, 3.05) is 27.2 Å². The highest BCUT2D eigenvalue weighted by Gasteiger charge is 2.02. The quantitative estimate of drug-likeness (QED) is 0.714. The topological polar surface area (TPSA) is 28.2 Å². The molecule has 0 aliphatic rings. The number of nitrogens with one attached hydrogen (secondary N) is 1. The lowest BCUT2D eigenvalue weighted by Crippen LogP contribution is -2.21. The van der Waals surface area contributed by atoms with Crippen molar-refractivity contribution in [3.63, 3.8) is 0 Å². The first kappa shape index (κ1) is 13.1. The van der Waals surface area contributed by atoms with Crippen LogP contribution in [0.25, 0.3) is 0 Å². The molecule has 16 heavy (non-hydrogen) atoms. The van der Waals surface area contributed by atoms with Crippen LogP contribution in [0.3, 0.4) is 0 Å². The second-order valence-corrected chi connectivity index (χ2v) is 4.47. The molecule has 0 amide bonds. The molecule has 1 heterocycles. The van der Waals surface area contributed by atoms with E-state index in [1.54, 1.807) is 0 Å². The number of hydrogen-bond donors (Lipinski definition) is 1. The van der Waals surface area contributed by atoms with E-state index < -0.39 is 0 Å². The molecule has 1 N–H and O–H groups in total. The van der Waals surface area contributed by atoms with Crippen molar-refractivity contribution in [3.8, 4) is 0 Å². The van der Waals surface area contributed by atoms with E-state index in [1.807, 2.05) is 12.4 Å². The summed E-state index contributed by atoms with van der Waals surface area (Å²) in [4.78, 5) is 6.25. The molecule has 0 aliphatic carbocycles. The van der Waals surface area contributed by atoms with E-state index in [1.165, 1.54) is 24.9 Å². The van der Waals surface area contributed by atoms with Gasteiger partial charge in [-0.2, -0.15) is 0 Å². The first-order chi connectivity index (χ1) is 7.70. The van der Waals surface area contributed by atoms with Gasteiger partial charge in [0, 0.05) is 18.4 Å². The molecule has 1 rings (SSSR count). The minimum atomic E-state index is 0.419. The van der Waals surface area contributed by atoms with Crippen LogP contribution >= 0.6 is 0 Å². The minimum absolute atomic E-state index is 0.419. The molecule has 0 aromatic carbocycles. The third-order valence-electron chi connectivity index (χ3n) is 2.69. The fourth-order valence-corrected chi connectivity index (χ4v) is 1.64. The number of pyridine rings is 1. The minimum Gasteiger partial charge on any atom is -0.310 e. The number of aromatic nitrogens is 1. The van der Waals surface area contributed by atoms with E-state index in [-0.39, 0.29) is 0 Å². The molecule has 0 saturated heterocycles. The summed E-state index contributed by atoms with van der Waals surface area (Å²) in [6.07, 6.45) is 6.18. The summed E-state index contributed by atoms with van der Waals surface area (Å²) in [6, 6.07) is 4.55. The van der Waals surface area contributed by atoms with Crippen molar-refractivity contribution in [3.05, 3.63) is 30.1 Å². The Bertz CT molecular complexity index is 272. The van der Waals surface area contributed by atoms with E-state index >= 15 is 0 Å². The van der Waals surface area contributed by atoms with Gasteiger partial charge in [0.2, 0.25) is 0 Å². The van der Waals surface area contributed by atoms with Crippen LogP contribution in [0, 0.1) is 0 Å². The van der Waals surface area contributed by atoms with Crippen molar-refractivity contribution < 1.29 is 0 Å². The molecule has 1 aromatic heterocycles. The summed E-state index contributed by atoms with van der Waals surface area (Å²) in [6.45, 7) is 4.45. The van der Waals surface area contributed by atoms with E-state index in [9.17, 15) is 0 Å². The smallest absolute Gasteiger partial charge is 0.0292 e. The molecule has 0 aliphatic heterocycles. The largest absolute Gasteiger partial charge is 0.310 e. The Morgan fingerprint density at radius 2 is 1.94 bits per heavy atom. The van der Waals surface area contributed by atoms with Gasteiger partial charge in [-0.25, -0.2) is 0 Å². The summed E-state index contributed by atoms with van der Waals surface area (Å²) < 4.78 is 0. The van der Waals surface area contributed by atoms with Crippen LogP contribution in [0.4, 0.5) is 0 Å². The summed E-state index contributed by atoms with van der Waals surface area (Å²) in [5, 5.41) is 3.53. The van der Waals surface area contributed by atoms with Crippen LogP contribution in [0.1, 0.15) is 31.4 Å². The highest BCUT2D eigenvalue weighted by molar-refractivity contribution is 5.13. The van der Waals surface area contributed by atoms with E-state index in [4.69, 9.17) is 0 Å². The highest BCUT2D eigenvalue weighted by Crippen LogP contribution is 2.09. The van der Waals surface area contributed by atoms with Gasteiger partial charge in [0.15, 0.2) is 0 Å². The highest BCUT2D eigenvalue weighted by atomic mass is 15.0. The number of rotatable bonds is 7. The zero-order chi connectivity index (χ0) is 11.8. The first-order valence-corrected chi connectivity index (χ1v) is 5.98. The maximum Gasteiger partial charge on any atom is 0.0292 e. The van der Waals surface area contributed by atoms with Gasteiger partial charge in [-0.05, 0) is 64.6 Å². The average molecular weight is 221 g/mol. The molecule has 1 atom stereocenters. The van der Waals surface area contributed by atoms with Crippen molar-refractivity contribution >= 4 is 0 Å². The SMILES string of the molecule is CC(NCCCCN(C)C)c1ccncc1. The Morgan fingerprint density at radius 1 is 1.25 bits per heavy atom. The Hall–Kier alpha value is -0.930. The maximum atomic E-state index is 4.02. The number of hydrogen-bond acceptors (Lipinski definition) is 3. The van der Waals surface area contributed by atoms with Gasteiger partial charge < -0.3 is 10.2 Å². The normalized spacial score (nSPS) is 13.0. The fourth-order valence-electron chi connectivity index (χ4n) is 1.64. The van der Waals surface area contributed by atoms with Crippen molar-refractivity contribution in [1.82, 2.24) is 15.2 Å². The fraction of sp³-hybridized carbons (Fsp3) is 0.615. The summed E-state index contributed by atoms with van der Waals surface area (Å²) >= 11 is 0. The van der Waals surface area contributed by atoms with Crippen LogP contribution in [0.5, 0.6) is 0 Å². The summed E-state index contributed by atoms with van der Waals surface area (Å²) in [5.74, 6) is 0. The van der Waals surface area contributed by atoms with Crippen LogP contribution in [-0.4, -0.2) is 37.1 Å². The summed E-state index contributed by atoms with van der Waals surface area (Å²) in [5.41, 5.74) is 1.31. The van der Waals surface area contributed by atoms with Gasteiger partial charge in [-0.3, -0.25) is 4.98 Å². The monoisotopic (exact) mass is 221 g/mol. The molecule has 3 nitrogen and oxygen atoms in total. The predicted octanol–water partition coefficient (Wildman–Crippen LogP) is 2.07. The molecule has 1 unspecified atom stereocenters. The van der Waals surface area contributed by atoms with Gasteiger partial charge in [-0.1, -0.05) is 0 Å². The Kier molecular flexibility index (Phi) is 6.04. The first-order valence-electron chi connectivity index (χ1n) is 5.98. The van der Waals surface area contributed by atoms with E-state index in [0.717, 1.165) is 6.54 Å². The maximum absolute atomic E-state index is 4.02. The molecular weight excluding hydrogens is 198 g/mol. The van der Waals surface area contributed by atoms with Gasteiger partial charge in [-0.15, -0.1) is 0 Å². The Labute approximate surface area is 98.9 Å². The molecule has 0 spiro atoms. The summed E-state index contributed by atoms with van der Waals surface area (Å²) in [7, 11) is 4.24. The Balaban J connectivity index is 2.14. The van der Waals surface area contributed by atoms with Crippen molar-refractivity contribution in [2.24, 2.45) is 0 Å². The zero-order valence-electron chi connectivity index (χ0n) is 10.6. The van der Waals surface area contributed by atoms with E-state index in [2.05, 4.69) is 48.4 Å². The predicted molar refractivity (Wildman–Crippen MR) is 68.4 cm³/mol. The average Bonchev–Trinajstić information content (AvgIpc) is 2.29. The van der Waals surface area contributed by atoms with Crippen LogP contribution in [-0.2, 0) is 0 Å². The molecule has 0 saturated carbocycles. The van der Waals surface area contributed by atoms with Crippen LogP contribution < -0.4 is 5.32 Å². The van der Waals surface area contributed by atoms with Crippen LogP contribution in [0.15, 0.2) is 24.5 Å². The lowest BCUT2D eigenvalue weighted by Gasteiger charge is -2.14. The standard InChI is InChI=1S/C13H23N3/c1-12(13-6-9-14-10-7-13)15-8-4-5-11-16(2)3/h6-7,9-10,12,15H,4-5,8,11H2,1-3H3. The van der Waals surface area contributed by atoms with Crippen molar-refractivity contribution in [2.45, 2.75) is 25.8 Å². The molecular formula is C13H23N3. The van der Waals surface area contributed by atoms with Crippen molar-refractivity contribution in [1.29, 1.82) is 0 Å². The van der Waals surface area contributed by atoms with E-state index in [0.29, 0.717) is 6.04 Å². The number of nitrogens with zero attached hydrogens (tertiary/aromatic N) is 2. The third-order valence-corrected chi connectivity index (χ3v) is 2.69. The second kappa shape index (κ2) is 7.36. The van der Waals surface area contributed by atoms with Gasteiger partial charge in [0.05, 0.1) is 0 Å². The molecule has 1 aromatic rings. The van der Waals surface area contributed by atoms with Gasteiger partial charge in [0.25, 0.3) is 0 Å². The molecule has 0 bridgehead atoms. The van der Waals surface area contributed by atoms with Crippen LogP contribution in [0.2, 0.25) is 0 Å². The van der Waals surface area contributed by atoms with Gasteiger partial charge in [0.1, 0.15) is 0 Å². The third kappa shape index (κ3) is 5.24. The Morgan fingerprint density at radius 3 is 2.56 bits per heavy atom. The zero-order valence-corrected chi connectivity index (χ0v) is 10.6. The second-order valence-electron chi connectivity index (χ2n) is 4.47. The lowest BCUT2D eigenvalue weighted by molar-refractivity contribution is 0.389. The van der Waals surface area contributed by atoms with Gasteiger partial charge >= 0.3 is 0 Å². The molecule has 90 valence electrons. The number of unbranched alkanes of at least 4 members (excludes halogenated alkanes) is 1. The molecule has 3 heteroatoms. The molecule has 0 radical (unpaired) electrons. The molecule has 0 fully saturated rings.